The molecular weight excluding hydrogens is 1750 g/mol. The van der Waals surface area contributed by atoms with E-state index in [-0.39, 0.29) is 81.5 Å². The lowest BCUT2D eigenvalue weighted by Crippen LogP contribution is -2.61. The summed E-state index contributed by atoms with van der Waals surface area (Å²) in [5.41, 5.74) is 16.4. The van der Waals surface area contributed by atoms with Gasteiger partial charge in [0, 0.05) is 72.1 Å². The van der Waals surface area contributed by atoms with Gasteiger partial charge in [-0.3, -0.25) is 86.5 Å². The Morgan fingerprint density at radius 3 is 1.67 bits per heavy atom. The summed E-state index contributed by atoms with van der Waals surface area (Å²) in [7, 11) is 3.60. The van der Waals surface area contributed by atoms with E-state index < -0.39 is 289 Å². The summed E-state index contributed by atoms with van der Waals surface area (Å²) >= 11 is 0. The minimum atomic E-state index is -2.48. The molecule has 0 bridgehead atoms. The smallest absolute Gasteiger partial charge is 0.410 e. The predicted molar refractivity (Wildman–Crippen MR) is 446 cm³/mol. The summed E-state index contributed by atoms with van der Waals surface area (Å²) in [6.45, 7) is 3.96. The Bertz CT molecular complexity index is 5510. The number of fused-ring (bicyclic) bond motifs is 7. The first-order valence-corrected chi connectivity index (χ1v) is 41.0. The Balaban J connectivity index is 0.622. The zero-order valence-corrected chi connectivity index (χ0v) is 72.2. The number of Topliss-reactive ketones (excluding diaryl/α,β-unsaturated/α-hetero) is 3. The van der Waals surface area contributed by atoms with Crippen molar-refractivity contribution in [1.82, 2.24) is 51.9 Å². The van der Waals surface area contributed by atoms with Crippen molar-refractivity contribution in [1.29, 1.82) is 0 Å². The van der Waals surface area contributed by atoms with Crippen LogP contribution in [0.5, 0.6) is 17.2 Å². The van der Waals surface area contributed by atoms with Crippen LogP contribution < -0.4 is 75.5 Å². The number of nitrogens with zero attached hydrogens (tertiary/aromatic N) is 3. The van der Waals surface area contributed by atoms with E-state index in [2.05, 4.69) is 47.9 Å². The summed E-state index contributed by atoms with van der Waals surface area (Å²) in [4.78, 5) is 257. The SMILES string of the molecule is COc1cccc2c1C(=O)c1c(O)c3c(c(O)c1C2=O)C[C@@](O)(C(=O)CO)C[C@@H]3O[C@H]1C[C@H](NC(=O)OCc2ccc(NC(=O)[C@H](CC(N)=O)NC(=O)[C@H](C)NC(=O)[C@H](C)NC(=O)C(C(=O)N[C@@H](C)C(=O)N[C@@H](C)C(=O)N[C@@H](CC(N)=O)C(=O)Nc3ccc(COC(=O)N4C5[C@@H]4CN4C6=C(C(=O)C(N)=C(C)C6=O)[C@@H](COC(N)=O)[C@@]54OC)cc3)N(C)CC(=O)O)cc2)[C@H](O)[C@H](C)O1. The molecule has 17 atom stereocenters. The van der Waals surface area contributed by atoms with Gasteiger partial charge in [0.25, 0.3) is 0 Å². The minimum absolute atomic E-state index is 0.00865. The lowest BCUT2D eigenvalue weighted by Gasteiger charge is -2.42. The molecule has 706 valence electrons. The lowest BCUT2D eigenvalue weighted by atomic mass is 9.72. The maximum absolute atomic E-state index is 14.1. The molecule has 0 radical (unpaired) electrons. The number of aliphatic hydroxyl groups is 3. The molecule has 4 aromatic rings. The quantitative estimate of drug-likeness (QED) is 0.00590. The molecule has 3 fully saturated rings. The number of hydrogen-bond acceptors (Lipinski definition) is 34. The predicted octanol–water partition coefficient (Wildman–Crippen LogP) is -4.62. The number of rotatable bonds is 36. The summed E-state index contributed by atoms with van der Waals surface area (Å²) in [5, 5.41) is 87.4. The van der Waals surface area contributed by atoms with Crippen LogP contribution in [0.3, 0.4) is 0 Å². The molecule has 11 rings (SSSR count). The van der Waals surface area contributed by atoms with E-state index in [0.29, 0.717) is 11.1 Å². The molecule has 3 aliphatic carbocycles. The maximum atomic E-state index is 14.1. The molecule has 0 aromatic heterocycles. The number of nitrogens with two attached hydrogens (primary N) is 4. The third-order valence-electron chi connectivity index (χ3n) is 23.5. The number of ketones is 5. The molecule has 4 heterocycles. The van der Waals surface area contributed by atoms with Crippen molar-refractivity contribution in [3.63, 3.8) is 0 Å². The van der Waals surface area contributed by atoms with Crippen molar-refractivity contribution >= 4 is 124 Å². The Kier molecular flexibility index (Phi) is 29.5. The van der Waals surface area contributed by atoms with Crippen LogP contribution in [0.25, 0.3) is 0 Å². The number of aromatic hydroxyl groups is 2. The van der Waals surface area contributed by atoms with E-state index in [4.69, 9.17) is 56.1 Å². The van der Waals surface area contributed by atoms with E-state index in [1.165, 1.54) is 99.7 Å². The average molecular weight is 1840 g/mol. The van der Waals surface area contributed by atoms with Crippen LogP contribution in [-0.4, -0.2) is 295 Å². The van der Waals surface area contributed by atoms with Crippen molar-refractivity contribution in [2.75, 3.05) is 58.2 Å². The topological polar surface area (TPSA) is 732 Å². The van der Waals surface area contributed by atoms with Crippen LogP contribution in [0.1, 0.15) is 127 Å². The lowest BCUT2D eigenvalue weighted by molar-refractivity contribution is -0.249. The van der Waals surface area contributed by atoms with Gasteiger partial charge in [-0.25, -0.2) is 14.4 Å². The number of aliphatic carboxylic acids is 1. The average Bonchev–Trinajstić information content (AvgIpc) is 1.48. The molecule has 13 amide bonds. The van der Waals surface area contributed by atoms with Crippen LogP contribution in [0.15, 0.2) is 89.3 Å². The van der Waals surface area contributed by atoms with E-state index >= 15 is 0 Å². The van der Waals surface area contributed by atoms with Gasteiger partial charge in [0.15, 0.2) is 29.6 Å². The molecule has 48 nitrogen and oxygen atoms in total. The first-order valence-electron chi connectivity index (χ1n) is 41.0. The van der Waals surface area contributed by atoms with Gasteiger partial charge in [0.05, 0.1) is 84.8 Å². The maximum Gasteiger partial charge on any atom is 0.410 e. The summed E-state index contributed by atoms with van der Waals surface area (Å²) in [5.74, 6) is -19.5. The highest BCUT2D eigenvalue weighted by Crippen LogP contribution is 2.60. The molecule has 7 aliphatic rings. The highest BCUT2D eigenvalue weighted by Gasteiger charge is 2.78. The number of nitrogens with one attached hydrogen (secondary N) is 9. The monoisotopic (exact) mass is 1840 g/mol. The fraction of sp³-hybridized carbons (Fsp3) is 0.440. The number of carboxylic acid groups (broad SMARTS) is 1. The fourth-order valence-electron chi connectivity index (χ4n) is 16.7. The van der Waals surface area contributed by atoms with E-state index in [9.17, 15) is 122 Å². The number of piperazine rings is 1. The number of allylic oxidation sites excluding steroid dienone is 2. The largest absolute Gasteiger partial charge is 0.507 e. The molecular formula is C84H98N16O32. The number of methoxy groups -OCH3 is 2. The minimum Gasteiger partial charge on any atom is -0.507 e. The number of anilines is 2. The van der Waals surface area contributed by atoms with Crippen molar-refractivity contribution in [2.45, 2.75) is 183 Å². The van der Waals surface area contributed by atoms with Crippen molar-refractivity contribution in [2.24, 2.45) is 28.9 Å². The number of benzene rings is 4. The third kappa shape index (κ3) is 20.2. The standard InChI is InChI=1S/C84H98N16O32/c1-32-61(87)70(113)58-44(31-128-80(88)122)84(127-9)71-48(26-99(84)62(58)64(32)107)100(71)82(124)130-30-39-15-19-41(20-16-39)94-77(119)47(22-53(86)104)96-75(117)36(5)90-73(115)34(3)92-79(121)63(98(7)27-54(105)106)78(120)91-33(2)72(114)89-35(4)74(116)95-46(21-52(85)103)76(118)93-40-17-13-38(14-18-40)29-129-81(123)97-45-23-55(131-37(6)65(45)108)132-50-25-83(125,51(102)28-101)24-43-57(50)69(112)60-59(67(43)110)66(109)42-11-10-12-49(126-8)56(42)68(60)111/h10-20,33-37,44-48,50,55,63,65,71,101,108,110,112,125H,21-31,87H2,1-9H3,(H2,85,103)(H2,86,104)(H2,88,122)(H,89,114)(H,90,115)(H,91,120)(H,92,121)(H,93,118)(H,94,119)(H,95,116)(H,96,117)(H,97,123)(H,105,106)/t33-,34-,35-,36-,37-,44+,45-,46-,47-,48-,50-,55-,63?,65+,71?,83-,84+,100?/m0/s1. The van der Waals surface area contributed by atoms with Crippen LogP contribution in [-0.2, 0) is 115 Å². The van der Waals surface area contributed by atoms with Crippen LogP contribution in [0.2, 0.25) is 0 Å². The fourth-order valence-corrected chi connectivity index (χ4v) is 16.7. The summed E-state index contributed by atoms with van der Waals surface area (Å²) in [6.07, 6.45) is -12.1. The number of carboxylic acids is 1. The summed E-state index contributed by atoms with van der Waals surface area (Å²) in [6, 6.07) is 0.971. The van der Waals surface area contributed by atoms with Gasteiger partial charge in [0.2, 0.25) is 76.4 Å². The zero-order valence-electron chi connectivity index (χ0n) is 72.2. The van der Waals surface area contributed by atoms with E-state index in [1.807, 2.05) is 0 Å². The molecule has 0 saturated carbocycles. The van der Waals surface area contributed by atoms with Crippen molar-refractivity contribution in [3.8, 4) is 17.2 Å². The van der Waals surface area contributed by atoms with Crippen LogP contribution in [0.4, 0.5) is 25.8 Å². The number of ether oxygens (including phenoxy) is 7. The van der Waals surface area contributed by atoms with Gasteiger partial charge < -0.3 is 139 Å². The van der Waals surface area contributed by atoms with Crippen molar-refractivity contribution < 1.29 is 155 Å². The van der Waals surface area contributed by atoms with Gasteiger partial charge in [-0.05, 0) is 90.0 Å². The number of carbonyl (C=O) groups is 19. The zero-order chi connectivity index (χ0) is 97.0. The third-order valence-corrected chi connectivity index (χ3v) is 23.5. The molecule has 48 heteroatoms. The van der Waals surface area contributed by atoms with E-state index in [1.54, 1.807) is 4.90 Å². The Morgan fingerprint density at radius 1 is 0.652 bits per heavy atom. The molecule has 4 aromatic carbocycles. The molecule has 3 saturated heterocycles. The second kappa shape index (κ2) is 39.8. The van der Waals surface area contributed by atoms with Gasteiger partial charge in [-0.1, -0.05) is 36.4 Å². The molecule has 132 heavy (non-hydrogen) atoms. The van der Waals surface area contributed by atoms with Gasteiger partial charge in [-0.15, -0.1) is 0 Å². The molecule has 0 spiro atoms. The van der Waals surface area contributed by atoms with Crippen LogP contribution in [0, 0.1) is 5.92 Å². The number of phenols is 2. The first-order chi connectivity index (χ1) is 62.2. The molecule has 4 aliphatic heterocycles. The Labute approximate surface area is 748 Å². The molecule has 2 unspecified atom stereocenters. The van der Waals surface area contributed by atoms with Gasteiger partial charge in [-0.2, -0.15) is 0 Å². The summed E-state index contributed by atoms with van der Waals surface area (Å²) < 4.78 is 39.7. The Morgan fingerprint density at radius 2 is 1.17 bits per heavy atom. The number of aliphatic hydroxyl groups excluding tert-OH is 2. The number of alkyl carbamates (subject to hydrolysis) is 1. The highest BCUT2D eigenvalue weighted by atomic mass is 16.7. The second-order valence-electron chi connectivity index (χ2n) is 32.5. The normalized spacial score (nSPS) is 22.9. The number of carbonyl (C=O) groups excluding carboxylic acids is 18. The first kappa shape index (κ1) is 98.0. The number of likely N-dealkylation sites (N-methyl/N-ethyl adjacent to an activating group) is 1. The van der Waals surface area contributed by atoms with Gasteiger partial charge in [0.1, 0.15) is 97.7 Å². The molecule has 23 N–H and O–H groups in total. The Hall–Kier alpha value is -14.6. The second-order valence-corrected chi connectivity index (χ2v) is 32.5. The number of phenolic OH excluding ortho intramolecular Hbond substituents is 2. The number of amides is 13. The van der Waals surface area contributed by atoms with Crippen LogP contribution >= 0.6 is 0 Å². The number of primary amides is 3. The van der Waals surface area contributed by atoms with Crippen molar-refractivity contribution in [3.05, 3.63) is 134 Å². The van der Waals surface area contributed by atoms with E-state index in [0.717, 1.165) is 39.6 Å². The van der Waals surface area contributed by atoms with Gasteiger partial charge >= 0.3 is 24.2 Å². The highest BCUT2D eigenvalue weighted by molar-refractivity contribution is 6.31. The number of hydrogen-bond donors (Lipinski definition) is 19.